The molecule has 1 aromatic heterocycles. The van der Waals surface area contributed by atoms with Crippen LogP contribution in [-0.2, 0) is 10.9 Å². The lowest BCUT2D eigenvalue weighted by Crippen LogP contribution is -2.37. The van der Waals surface area contributed by atoms with Crippen molar-refractivity contribution in [3.8, 4) is 5.75 Å². The van der Waals surface area contributed by atoms with E-state index >= 15 is 0 Å². The maximum absolute atomic E-state index is 12.8. The average molecular weight is 371 g/mol. The highest BCUT2D eigenvalue weighted by atomic mass is 19.4. The van der Waals surface area contributed by atoms with Crippen molar-refractivity contribution in [3.63, 3.8) is 0 Å². The van der Waals surface area contributed by atoms with Crippen LogP contribution in [0.15, 0.2) is 36.7 Å². The van der Waals surface area contributed by atoms with Crippen LogP contribution in [0.1, 0.15) is 24.7 Å². The van der Waals surface area contributed by atoms with Crippen molar-refractivity contribution in [1.82, 2.24) is 9.55 Å². The van der Waals surface area contributed by atoms with Gasteiger partial charge in [0.25, 0.3) is 5.69 Å². The fraction of sp³-hybridized carbons (Fsp3) is 0.333. The van der Waals surface area contributed by atoms with Gasteiger partial charge >= 0.3 is 12.3 Å². The molecule has 1 aromatic carbocycles. The Morgan fingerprint density at radius 2 is 1.92 bits per heavy atom. The van der Waals surface area contributed by atoms with Gasteiger partial charge < -0.3 is 14.0 Å². The molecule has 0 saturated heterocycles. The van der Waals surface area contributed by atoms with Crippen molar-refractivity contribution in [2.45, 2.75) is 31.2 Å². The Kier molecular flexibility index (Phi) is 4.53. The van der Waals surface area contributed by atoms with Crippen LogP contribution in [0, 0.1) is 10.1 Å². The molecule has 138 valence electrons. The van der Waals surface area contributed by atoms with E-state index in [2.05, 4.69) is 4.98 Å². The second-order valence-corrected chi connectivity index (χ2v) is 5.62. The molecule has 0 unspecified atom stereocenters. The second-order valence-electron chi connectivity index (χ2n) is 5.62. The number of nitrogens with zero attached hydrogens (tertiary/aromatic N) is 3. The number of nitro groups is 1. The highest BCUT2D eigenvalue weighted by molar-refractivity contribution is 5.64. The number of carbonyl (C=O) groups excluding carboxylic acids is 1. The first-order valence-electron chi connectivity index (χ1n) is 7.47. The van der Waals surface area contributed by atoms with E-state index in [1.165, 1.54) is 30.5 Å². The Balaban J connectivity index is 1.50. The number of hydrogen-bond donors (Lipinski definition) is 0. The lowest BCUT2D eigenvalue weighted by Gasteiger charge is -2.35. The van der Waals surface area contributed by atoms with E-state index in [0.29, 0.717) is 0 Å². The zero-order valence-corrected chi connectivity index (χ0v) is 13.0. The summed E-state index contributed by atoms with van der Waals surface area (Å²) < 4.78 is 49.3. The Hall–Kier alpha value is -3.11. The first-order chi connectivity index (χ1) is 12.2. The number of imidazole rings is 1. The van der Waals surface area contributed by atoms with Crippen LogP contribution >= 0.6 is 0 Å². The van der Waals surface area contributed by atoms with Gasteiger partial charge in [0.2, 0.25) is 5.82 Å². The molecule has 0 spiro atoms. The number of ether oxygens (including phenoxy) is 2. The maximum Gasteiger partial charge on any atom is 0.514 e. The third kappa shape index (κ3) is 3.76. The highest BCUT2D eigenvalue weighted by Crippen LogP contribution is 2.39. The van der Waals surface area contributed by atoms with Gasteiger partial charge in [-0.3, -0.25) is 10.1 Å². The maximum atomic E-state index is 12.8. The highest BCUT2D eigenvalue weighted by Gasteiger charge is 2.41. The number of halogens is 3. The van der Waals surface area contributed by atoms with Gasteiger partial charge in [-0.15, -0.1) is 0 Å². The van der Waals surface area contributed by atoms with Gasteiger partial charge in [-0.05, 0) is 12.1 Å². The van der Waals surface area contributed by atoms with Gasteiger partial charge in [-0.1, -0.05) is 0 Å². The minimum Gasteiger partial charge on any atom is -0.431 e. The second kappa shape index (κ2) is 6.65. The number of rotatable bonds is 4. The van der Waals surface area contributed by atoms with Gasteiger partial charge in [0.05, 0.1) is 4.92 Å². The number of benzene rings is 1. The molecule has 1 saturated carbocycles. The van der Waals surface area contributed by atoms with Crippen molar-refractivity contribution in [3.05, 3.63) is 52.6 Å². The summed E-state index contributed by atoms with van der Waals surface area (Å²) >= 11 is 0. The zero-order chi connectivity index (χ0) is 18.9. The smallest absolute Gasteiger partial charge is 0.431 e. The molecule has 0 N–H and O–H groups in total. The first kappa shape index (κ1) is 17.7. The number of hydrogen-bond acceptors (Lipinski definition) is 6. The summed E-state index contributed by atoms with van der Waals surface area (Å²) in [4.78, 5) is 24.9. The summed E-state index contributed by atoms with van der Waals surface area (Å²) in [5.41, 5.74) is -0.159. The van der Waals surface area contributed by atoms with E-state index < -0.39 is 35.2 Å². The molecule has 2 aromatic rings. The summed E-state index contributed by atoms with van der Waals surface area (Å²) in [6, 6.07) is 4.35. The lowest BCUT2D eigenvalue weighted by molar-refractivity contribution is -0.384. The van der Waals surface area contributed by atoms with Crippen molar-refractivity contribution >= 4 is 11.8 Å². The molecule has 0 radical (unpaired) electrons. The predicted octanol–water partition coefficient (Wildman–Crippen LogP) is 3.73. The molecule has 11 heteroatoms. The topological polar surface area (TPSA) is 96.5 Å². The SMILES string of the molecule is O=C(Oc1ccc([N+](=O)[O-])cc1)OC1CC(n2ccnc2C(F)(F)F)C1. The predicted molar refractivity (Wildman–Crippen MR) is 79.5 cm³/mol. The third-order valence-corrected chi connectivity index (χ3v) is 3.90. The summed E-state index contributed by atoms with van der Waals surface area (Å²) in [6.07, 6.45) is -3.44. The molecule has 0 amide bonds. The van der Waals surface area contributed by atoms with Gasteiger partial charge in [0, 0.05) is 43.4 Å². The molecule has 0 bridgehead atoms. The number of nitro benzene ring substituents is 1. The molecule has 8 nitrogen and oxygen atoms in total. The standard InChI is InChI=1S/C15H12F3N3O5/c16-15(17,18)13-19-5-6-20(13)10-7-12(8-10)26-14(22)25-11-3-1-9(2-4-11)21(23)24/h1-6,10,12H,7-8H2. The summed E-state index contributed by atoms with van der Waals surface area (Å²) in [6.45, 7) is 0. The third-order valence-electron chi connectivity index (χ3n) is 3.90. The number of aromatic nitrogens is 2. The van der Waals surface area contributed by atoms with Crippen molar-refractivity contribution in [1.29, 1.82) is 0 Å². The molecule has 26 heavy (non-hydrogen) atoms. The first-order valence-corrected chi connectivity index (χ1v) is 7.47. The van der Waals surface area contributed by atoms with E-state index in [1.807, 2.05) is 0 Å². The molecule has 1 aliphatic carbocycles. The van der Waals surface area contributed by atoms with Gasteiger partial charge in [-0.25, -0.2) is 9.78 Å². The minimum atomic E-state index is -4.55. The minimum absolute atomic E-state index is 0.0606. The molecular weight excluding hydrogens is 359 g/mol. The number of carbonyl (C=O) groups is 1. The van der Waals surface area contributed by atoms with Crippen LogP contribution in [0.4, 0.5) is 23.7 Å². The molecule has 1 aliphatic rings. The van der Waals surface area contributed by atoms with Crippen LogP contribution in [-0.4, -0.2) is 26.7 Å². The summed E-state index contributed by atoms with van der Waals surface area (Å²) in [7, 11) is 0. The number of non-ortho nitro benzene ring substituents is 1. The van der Waals surface area contributed by atoms with E-state index in [4.69, 9.17) is 9.47 Å². The molecule has 0 aliphatic heterocycles. The van der Waals surface area contributed by atoms with Crippen LogP contribution in [0.25, 0.3) is 0 Å². The summed E-state index contributed by atoms with van der Waals surface area (Å²) in [5.74, 6) is -0.931. The summed E-state index contributed by atoms with van der Waals surface area (Å²) in [5, 5.41) is 10.5. The fourth-order valence-corrected chi connectivity index (χ4v) is 2.58. The Bertz CT molecular complexity index is 813. The van der Waals surface area contributed by atoms with Crippen LogP contribution in [0.5, 0.6) is 5.75 Å². The van der Waals surface area contributed by atoms with Gasteiger partial charge in [0.1, 0.15) is 11.9 Å². The van der Waals surface area contributed by atoms with Crippen LogP contribution in [0.3, 0.4) is 0 Å². The normalized spacial score (nSPS) is 19.5. The van der Waals surface area contributed by atoms with E-state index in [9.17, 15) is 28.1 Å². The van der Waals surface area contributed by atoms with E-state index in [-0.39, 0.29) is 24.3 Å². The van der Waals surface area contributed by atoms with E-state index in [1.54, 1.807) is 0 Å². The fourth-order valence-electron chi connectivity index (χ4n) is 2.58. The molecule has 0 atom stereocenters. The van der Waals surface area contributed by atoms with Crippen molar-refractivity contribution in [2.24, 2.45) is 0 Å². The lowest BCUT2D eigenvalue weighted by atomic mass is 9.89. The van der Waals surface area contributed by atoms with Crippen LogP contribution in [0.2, 0.25) is 0 Å². The van der Waals surface area contributed by atoms with Gasteiger partial charge in [-0.2, -0.15) is 13.2 Å². The Morgan fingerprint density at radius 3 is 2.50 bits per heavy atom. The van der Waals surface area contributed by atoms with Gasteiger partial charge in [0.15, 0.2) is 0 Å². The Labute approximate surface area is 144 Å². The molecular formula is C15H12F3N3O5. The van der Waals surface area contributed by atoms with Crippen LogP contribution < -0.4 is 4.74 Å². The van der Waals surface area contributed by atoms with Crippen molar-refractivity contribution in [2.75, 3.05) is 0 Å². The van der Waals surface area contributed by atoms with E-state index in [0.717, 1.165) is 10.8 Å². The Morgan fingerprint density at radius 1 is 1.27 bits per heavy atom. The quantitative estimate of drug-likeness (QED) is 0.352. The average Bonchev–Trinajstić information content (AvgIpc) is 3.00. The monoisotopic (exact) mass is 371 g/mol. The molecule has 1 heterocycles. The zero-order valence-electron chi connectivity index (χ0n) is 13.0. The number of alkyl halides is 3. The largest absolute Gasteiger partial charge is 0.514 e. The molecule has 3 rings (SSSR count). The van der Waals surface area contributed by atoms with Crippen molar-refractivity contribution < 1.29 is 32.4 Å². The molecule has 1 fully saturated rings.